The van der Waals surface area contributed by atoms with E-state index in [-0.39, 0.29) is 30.0 Å². The third kappa shape index (κ3) is 6.78. The number of thioether (sulfide) groups is 1. The van der Waals surface area contributed by atoms with E-state index in [0.717, 1.165) is 76.9 Å². The molecule has 146 valence electrons. The lowest BCUT2D eigenvalue weighted by molar-refractivity contribution is -0.135. The van der Waals surface area contributed by atoms with Gasteiger partial charge in [-0.15, -0.1) is 24.0 Å². The molecule has 0 radical (unpaired) electrons. The first kappa shape index (κ1) is 22.8. The molecular formula is C17H34IN5OS. The highest BCUT2D eigenvalue weighted by atomic mass is 127. The number of guanidine groups is 1. The molecule has 8 heteroatoms. The maximum absolute atomic E-state index is 12.6. The molecule has 6 nitrogen and oxygen atoms in total. The van der Waals surface area contributed by atoms with E-state index in [4.69, 9.17) is 4.99 Å². The second kappa shape index (κ2) is 12.2. The van der Waals surface area contributed by atoms with Crippen LogP contribution in [0.3, 0.4) is 0 Å². The van der Waals surface area contributed by atoms with Crippen LogP contribution in [0, 0.1) is 0 Å². The first-order valence-electron chi connectivity index (χ1n) is 9.22. The van der Waals surface area contributed by atoms with Crippen molar-refractivity contribution in [2.75, 3.05) is 64.4 Å². The molecular weight excluding hydrogens is 449 g/mol. The van der Waals surface area contributed by atoms with Gasteiger partial charge in [0, 0.05) is 51.6 Å². The van der Waals surface area contributed by atoms with Crippen molar-refractivity contribution in [3.8, 4) is 0 Å². The summed E-state index contributed by atoms with van der Waals surface area (Å²) in [5, 5.41) is 3.40. The van der Waals surface area contributed by atoms with Gasteiger partial charge < -0.3 is 15.1 Å². The van der Waals surface area contributed by atoms with Crippen LogP contribution in [0.2, 0.25) is 0 Å². The van der Waals surface area contributed by atoms with Gasteiger partial charge in [0.1, 0.15) is 0 Å². The summed E-state index contributed by atoms with van der Waals surface area (Å²) in [6.07, 6.45) is 4.43. The van der Waals surface area contributed by atoms with Crippen LogP contribution in [0.15, 0.2) is 4.99 Å². The third-order valence-corrected chi connectivity index (χ3v) is 5.42. The van der Waals surface area contributed by atoms with Crippen molar-refractivity contribution < 1.29 is 4.79 Å². The molecule has 25 heavy (non-hydrogen) atoms. The summed E-state index contributed by atoms with van der Waals surface area (Å²) in [7, 11) is 0. The average molecular weight is 483 g/mol. The Balaban J connectivity index is 0.00000312. The fourth-order valence-corrected chi connectivity index (χ4v) is 3.62. The van der Waals surface area contributed by atoms with E-state index in [1.165, 1.54) is 0 Å². The Bertz CT molecular complexity index is 423. The number of nitrogens with zero attached hydrogens (tertiary/aromatic N) is 4. The molecule has 0 aromatic carbocycles. The van der Waals surface area contributed by atoms with Gasteiger partial charge in [-0.3, -0.25) is 14.7 Å². The van der Waals surface area contributed by atoms with Crippen molar-refractivity contribution in [3.05, 3.63) is 0 Å². The zero-order chi connectivity index (χ0) is 17.4. The summed E-state index contributed by atoms with van der Waals surface area (Å²) in [6.45, 7) is 11.5. The summed E-state index contributed by atoms with van der Waals surface area (Å²) in [6, 6.07) is 0.00117. The fraction of sp³-hybridized carbons (Fsp3) is 0.882. The number of likely N-dealkylation sites (tertiary alicyclic amines) is 1. The monoisotopic (exact) mass is 483 g/mol. The summed E-state index contributed by atoms with van der Waals surface area (Å²) in [5.41, 5.74) is 0. The number of amides is 1. The Morgan fingerprint density at radius 1 is 1.12 bits per heavy atom. The van der Waals surface area contributed by atoms with Crippen LogP contribution in [0.5, 0.6) is 0 Å². The van der Waals surface area contributed by atoms with Crippen molar-refractivity contribution >= 4 is 47.6 Å². The van der Waals surface area contributed by atoms with Gasteiger partial charge >= 0.3 is 0 Å². The third-order valence-electron chi connectivity index (χ3n) is 4.83. The number of carbonyl (C=O) groups is 1. The number of hydrogen-bond acceptors (Lipinski definition) is 4. The predicted molar refractivity (Wildman–Crippen MR) is 118 cm³/mol. The Kier molecular flexibility index (Phi) is 11.2. The van der Waals surface area contributed by atoms with Gasteiger partial charge in [-0.05, 0) is 32.9 Å². The number of piperazine rings is 1. The van der Waals surface area contributed by atoms with E-state index in [2.05, 4.69) is 35.2 Å². The van der Waals surface area contributed by atoms with Crippen molar-refractivity contribution in [3.63, 3.8) is 0 Å². The SMILES string of the molecule is CCNC(=NCCSC)N1CCN(C(C)C(=O)N2CCCC2)CC1.I. The van der Waals surface area contributed by atoms with Crippen LogP contribution >= 0.6 is 35.7 Å². The predicted octanol–water partition coefficient (Wildman–Crippen LogP) is 1.56. The lowest BCUT2D eigenvalue weighted by Gasteiger charge is -2.39. The number of aliphatic imine (C=N–C) groups is 1. The van der Waals surface area contributed by atoms with Gasteiger partial charge in [-0.1, -0.05) is 0 Å². The van der Waals surface area contributed by atoms with Crippen LogP contribution in [-0.2, 0) is 4.79 Å². The molecule has 0 saturated carbocycles. The largest absolute Gasteiger partial charge is 0.357 e. The Morgan fingerprint density at radius 2 is 1.76 bits per heavy atom. The number of carbonyl (C=O) groups excluding carboxylic acids is 1. The van der Waals surface area contributed by atoms with Crippen molar-refractivity contribution in [1.82, 2.24) is 20.0 Å². The summed E-state index contributed by atoms with van der Waals surface area (Å²) >= 11 is 1.82. The van der Waals surface area contributed by atoms with E-state index in [1.807, 2.05) is 16.7 Å². The summed E-state index contributed by atoms with van der Waals surface area (Å²) < 4.78 is 0. The molecule has 2 aliphatic heterocycles. The molecule has 1 amide bonds. The van der Waals surface area contributed by atoms with Gasteiger partial charge in [0.25, 0.3) is 0 Å². The number of hydrogen-bond donors (Lipinski definition) is 1. The van der Waals surface area contributed by atoms with E-state index in [9.17, 15) is 4.79 Å². The van der Waals surface area contributed by atoms with Gasteiger partial charge in [0.2, 0.25) is 5.91 Å². The minimum Gasteiger partial charge on any atom is -0.357 e. The van der Waals surface area contributed by atoms with Crippen LogP contribution < -0.4 is 5.32 Å². The standard InChI is InChI=1S/C17H33N5OS.HI/c1-4-18-17(19-7-14-24-3)22-12-10-20(11-13-22)15(2)16(23)21-8-5-6-9-21;/h15H,4-14H2,1-3H3,(H,18,19);1H. The van der Waals surface area contributed by atoms with Crippen LogP contribution in [0.4, 0.5) is 0 Å². The van der Waals surface area contributed by atoms with Gasteiger partial charge in [0.15, 0.2) is 5.96 Å². The zero-order valence-corrected chi connectivity index (χ0v) is 19.0. The molecule has 1 N–H and O–H groups in total. The van der Waals surface area contributed by atoms with Crippen LogP contribution in [0.25, 0.3) is 0 Å². The second-order valence-electron chi connectivity index (χ2n) is 6.46. The van der Waals surface area contributed by atoms with Gasteiger partial charge in [-0.25, -0.2) is 0 Å². The fourth-order valence-electron chi connectivity index (χ4n) is 3.35. The lowest BCUT2D eigenvalue weighted by atomic mass is 10.2. The summed E-state index contributed by atoms with van der Waals surface area (Å²) in [4.78, 5) is 24.0. The van der Waals surface area contributed by atoms with E-state index in [1.54, 1.807) is 0 Å². The first-order valence-corrected chi connectivity index (χ1v) is 10.6. The Labute approximate surface area is 174 Å². The quantitative estimate of drug-likeness (QED) is 0.269. The second-order valence-corrected chi connectivity index (χ2v) is 7.45. The molecule has 1 unspecified atom stereocenters. The highest BCUT2D eigenvalue weighted by molar-refractivity contribution is 14.0. The average Bonchev–Trinajstić information content (AvgIpc) is 3.15. The normalized spacial score (nSPS) is 20.4. The molecule has 0 spiro atoms. The highest BCUT2D eigenvalue weighted by Crippen LogP contribution is 2.14. The minimum absolute atomic E-state index is 0. The molecule has 0 aromatic heterocycles. The Hall–Kier alpha value is -0.220. The molecule has 0 bridgehead atoms. The molecule has 2 saturated heterocycles. The molecule has 2 fully saturated rings. The molecule has 2 rings (SSSR count). The molecule has 0 aliphatic carbocycles. The van der Waals surface area contributed by atoms with E-state index >= 15 is 0 Å². The maximum atomic E-state index is 12.6. The van der Waals surface area contributed by atoms with Crippen molar-refractivity contribution in [2.24, 2.45) is 4.99 Å². The topological polar surface area (TPSA) is 51.2 Å². The van der Waals surface area contributed by atoms with E-state index < -0.39 is 0 Å². The minimum atomic E-state index is 0. The molecule has 0 aromatic rings. The van der Waals surface area contributed by atoms with Gasteiger partial charge in [-0.2, -0.15) is 11.8 Å². The molecule has 2 heterocycles. The number of nitrogens with one attached hydrogen (secondary N) is 1. The zero-order valence-electron chi connectivity index (χ0n) is 15.9. The molecule has 2 aliphatic rings. The number of rotatable bonds is 6. The highest BCUT2D eigenvalue weighted by Gasteiger charge is 2.30. The van der Waals surface area contributed by atoms with Crippen molar-refractivity contribution in [2.45, 2.75) is 32.7 Å². The number of halogens is 1. The lowest BCUT2D eigenvalue weighted by Crippen LogP contribution is -2.57. The first-order chi connectivity index (χ1) is 11.7. The molecule has 1 atom stereocenters. The van der Waals surface area contributed by atoms with E-state index in [0.29, 0.717) is 5.91 Å². The van der Waals surface area contributed by atoms with Gasteiger partial charge in [0.05, 0.1) is 12.6 Å². The van der Waals surface area contributed by atoms with Crippen LogP contribution in [0.1, 0.15) is 26.7 Å². The maximum Gasteiger partial charge on any atom is 0.239 e. The van der Waals surface area contributed by atoms with Crippen LogP contribution in [-0.4, -0.2) is 97.0 Å². The Morgan fingerprint density at radius 3 is 2.32 bits per heavy atom. The smallest absolute Gasteiger partial charge is 0.239 e. The van der Waals surface area contributed by atoms with Crippen molar-refractivity contribution in [1.29, 1.82) is 0 Å². The summed E-state index contributed by atoms with van der Waals surface area (Å²) in [5.74, 6) is 2.38.